The Morgan fingerprint density at radius 1 is 1.21 bits per heavy atom. The molecule has 0 radical (unpaired) electrons. The lowest BCUT2D eigenvalue weighted by Gasteiger charge is -2.32. The quantitative estimate of drug-likeness (QED) is 0.829. The lowest BCUT2D eigenvalue weighted by atomic mass is 9.98. The standard InChI is InChI=1S/C20H26N4O2S2/c1-19(2,3)18-23-15-12(27-18)7-6-11-16(15)28-13(22-11)10-14(25)24-9-5-8-20(24,4)17(21)26/h5-10H2,1-4H3,(H2,21,26)/t20-/m0/s1. The molecular formula is C20H26N4O2S2. The Morgan fingerprint density at radius 2 is 1.96 bits per heavy atom. The highest BCUT2D eigenvalue weighted by Crippen LogP contribution is 2.42. The number of aryl methyl sites for hydroxylation is 2. The van der Waals surface area contributed by atoms with Gasteiger partial charge in [0, 0.05) is 16.8 Å². The fraction of sp³-hybridized carbons (Fsp3) is 0.600. The predicted octanol–water partition coefficient (Wildman–Crippen LogP) is 3.07. The zero-order valence-corrected chi connectivity index (χ0v) is 18.4. The molecule has 0 unspecified atom stereocenters. The van der Waals surface area contributed by atoms with Crippen molar-refractivity contribution < 1.29 is 9.59 Å². The first kappa shape index (κ1) is 19.5. The maximum atomic E-state index is 12.9. The Hall–Kier alpha value is -1.80. The van der Waals surface area contributed by atoms with Crippen molar-refractivity contribution >= 4 is 34.5 Å². The number of amides is 2. The first-order valence-electron chi connectivity index (χ1n) is 9.69. The van der Waals surface area contributed by atoms with Crippen LogP contribution in [0.25, 0.3) is 10.6 Å². The zero-order valence-electron chi connectivity index (χ0n) is 16.8. The van der Waals surface area contributed by atoms with Gasteiger partial charge in [0.05, 0.1) is 27.7 Å². The van der Waals surface area contributed by atoms with E-state index in [2.05, 4.69) is 20.8 Å². The highest BCUT2D eigenvalue weighted by atomic mass is 32.1. The van der Waals surface area contributed by atoms with Crippen molar-refractivity contribution in [3.63, 3.8) is 0 Å². The largest absolute Gasteiger partial charge is 0.368 e. The van der Waals surface area contributed by atoms with Crippen LogP contribution in [0.15, 0.2) is 0 Å². The van der Waals surface area contributed by atoms with Crippen LogP contribution in [0, 0.1) is 0 Å². The molecule has 8 heteroatoms. The molecule has 0 bridgehead atoms. The summed E-state index contributed by atoms with van der Waals surface area (Å²) in [5, 5.41) is 1.94. The number of likely N-dealkylation sites (tertiary alicyclic amines) is 1. The van der Waals surface area contributed by atoms with Crippen molar-refractivity contribution in [1.29, 1.82) is 0 Å². The third-order valence-corrected chi connectivity index (χ3v) is 8.31. The molecule has 2 aromatic heterocycles. The van der Waals surface area contributed by atoms with Crippen molar-refractivity contribution in [2.75, 3.05) is 6.54 Å². The lowest BCUT2D eigenvalue weighted by molar-refractivity contribution is -0.142. The van der Waals surface area contributed by atoms with Crippen LogP contribution < -0.4 is 5.73 Å². The number of hydrogen-bond donors (Lipinski definition) is 1. The van der Waals surface area contributed by atoms with Crippen LogP contribution in [0.4, 0.5) is 0 Å². The van der Waals surface area contributed by atoms with Crippen molar-refractivity contribution in [3.8, 4) is 10.6 Å². The third kappa shape index (κ3) is 3.16. The fourth-order valence-corrected chi connectivity index (χ4v) is 6.23. The van der Waals surface area contributed by atoms with E-state index in [0.717, 1.165) is 45.5 Å². The van der Waals surface area contributed by atoms with Crippen molar-refractivity contribution in [2.45, 2.75) is 70.8 Å². The maximum Gasteiger partial charge on any atom is 0.243 e. The molecule has 150 valence electrons. The van der Waals surface area contributed by atoms with Crippen LogP contribution in [-0.2, 0) is 34.3 Å². The SMILES string of the molecule is CC(C)(C)c1nc2c(s1)CCc1nc(CC(=O)N3CCC[C@@]3(C)C(N)=O)sc1-2. The Labute approximate surface area is 173 Å². The van der Waals surface area contributed by atoms with Crippen LogP contribution in [0.2, 0.25) is 0 Å². The van der Waals surface area contributed by atoms with Crippen molar-refractivity contribution in [1.82, 2.24) is 14.9 Å². The van der Waals surface area contributed by atoms with Crippen LogP contribution in [0.1, 0.15) is 61.1 Å². The molecule has 2 aliphatic rings. The summed E-state index contributed by atoms with van der Waals surface area (Å²) < 4.78 is 0. The summed E-state index contributed by atoms with van der Waals surface area (Å²) in [6.45, 7) is 8.89. The molecule has 0 saturated carbocycles. The van der Waals surface area contributed by atoms with Gasteiger partial charge in [0.1, 0.15) is 10.5 Å². The van der Waals surface area contributed by atoms with Gasteiger partial charge in [-0.1, -0.05) is 20.8 Å². The summed E-state index contributed by atoms with van der Waals surface area (Å²) in [6.07, 6.45) is 3.49. The van der Waals surface area contributed by atoms with E-state index in [1.165, 1.54) is 4.88 Å². The summed E-state index contributed by atoms with van der Waals surface area (Å²) in [7, 11) is 0. The predicted molar refractivity (Wildman–Crippen MR) is 112 cm³/mol. The number of thiazole rings is 2. The number of carbonyl (C=O) groups is 2. The van der Waals surface area contributed by atoms with Gasteiger partial charge in [-0.15, -0.1) is 22.7 Å². The molecule has 1 aliphatic heterocycles. The average molecular weight is 419 g/mol. The monoisotopic (exact) mass is 418 g/mol. The molecule has 1 saturated heterocycles. The van der Waals surface area contributed by atoms with E-state index in [1.54, 1.807) is 34.5 Å². The van der Waals surface area contributed by atoms with Gasteiger partial charge in [0.15, 0.2) is 0 Å². The van der Waals surface area contributed by atoms with Crippen LogP contribution in [0.5, 0.6) is 0 Å². The molecule has 1 atom stereocenters. The maximum absolute atomic E-state index is 12.9. The smallest absolute Gasteiger partial charge is 0.243 e. The summed E-state index contributed by atoms with van der Waals surface area (Å²) >= 11 is 3.36. The van der Waals surface area contributed by atoms with Gasteiger partial charge in [-0.3, -0.25) is 9.59 Å². The number of primary amides is 1. The summed E-state index contributed by atoms with van der Waals surface area (Å²) in [5.74, 6) is -0.502. The van der Waals surface area contributed by atoms with E-state index in [1.807, 2.05) is 0 Å². The molecule has 2 amide bonds. The zero-order chi connectivity index (χ0) is 20.3. The van der Waals surface area contributed by atoms with E-state index in [4.69, 9.17) is 15.7 Å². The second-order valence-corrected chi connectivity index (χ2v) is 11.1. The topological polar surface area (TPSA) is 89.2 Å². The molecule has 6 nitrogen and oxygen atoms in total. The van der Waals surface area contributed by atoms with E-state index in [-0.39, 0.29) is 17.7 Å². The van der Waals surface area contributed by atoms with E-state index in [9.17, 15) is 9.59 Å². The number of hydrogen-bond acceptors (Lipinski definition) is 6. The third-order valence-electron chi connectivity index (χ3n) is 5.66. The number of aromatic nitrogens is 2. The Morgan fingerprint density at radius 3 is 2.64 bits per heavy atom. The highest BCUT2D eigenvalue weighted by Gasteiger charge is 2.44. The second-order valence-electron chi connectivity index (χ2n) is 8.89. The highest BCUT2D eigenvalue weighted by molar-refractivity contribution is 7.16. The van der Waals surface area contributed by atoms with Gasteiger partial charge in [0.25, 0.3) is 0 Å². The number of nitrogens with zero attached hydrogens (tertiary/aromatic N) is 3. The van der Waals surface area contributed by atoms with Gasteiger partial charge >= 0.3 is 0 Å². The first-order chi connectivity index (χ1) is 13.1. The number of nitrogens with two attached hydrogens (primary N) is 1. The molecule has 4 rings (SSSR count). The number of rotatable bonds is 3. The molecule has 28 heavy (non-hydrogen) atoms. The Kier molecular flexibility index (Phi) is 4.62. The molecule has 3 heterocycles. The van der Waals surface area contributed by atoms with E-state index < -0.39 is 11.4 Å². The second kappa shape index (κ2) is 6.62. The molecule has 0 spiro atoms. The Balaban J connectivity index is 1.59. The number of fused-ring (bicyclic) bond motifs is 3. The van der Waals surface area contributed by atoms with Crippen LogP contribution >= 0.6 is 22.7 Å². The molecule has 2 aromatic rings. The minimum Gasteiger partial charge on any atom is -0.368 e. The first-order valence-corrected chi connectivity index (χ1v) is 11.3. The number of carbonyl (C=O) groups excluding carboxylic acids is 2. The van der Waals surface area contributed by atoms with Crippen molar-refractivity contribution in [3.05, 3.63) is 20.6 Å². The molecule has 1 aliphatic carbocycles. The Bertz CT molecular complexity index is 956. The molecule has 2 N–H and O–H groups in total. The average Bonchev–Trinajstić information content (AvgIpc) is 3.28. The van der Waals surface area contributed by atoms with E-state index in [0.29, 0.717) is 13.0 Å². The van der Waals surface area contributed by atoms with Gasteiger partial charge in [-0.05, 0) is 32.6 Å². The van der Waals surface area contributed by atoms with Gasteiger partial charge < -0.3 is 10.6 Å². The molecule has 0 aromatic carbocycles. The summed E-state index contributed by atoms with van der Waals surface area (Å²) in [4.78, 5) is 38.5. The van der Waals surface area contributed by atoms with Gasteiger partial charge in [-0.2, -0.15) is 0 Å². The van der Waals surface area contributed by atoms with E-state index >= 15 is 0 Å². The summed E-state index contributed by atoms with van der Waals surface area (Å²) in [5.41, 5.74) is 6.82. The van der Waals surface area contributed by atoms with Crippen molar-refractivity contribution in [2.24, 2.45) is 5.73 Å². The van der Waals surface area contributed by atoms with Crippen LogP contribution in [-0.4, -0.2) is 38.8 Å². The normalized spacial score (nSPS) is 21.5. The van der Waals surface area contributed by atoms with Crippen LogP contribution in [0.3, 0.4) is 0 Å². The minimum atomic E-state index is -0.877. The fourth-order valence-electron chi connectivity index (χ4n) is 3.93. The molecular weight excluding hydrogens is 392 g/mol. The summed E-state index contributed by atoms with van der Waals surface area (Å²) in [6, 6.07) is 0. The molecule has 1 fully saturated rings. The minimum absolute atomic E-state index is 0.0284. The van der Waals surface area contributed by atoms with Gasteiger partial charge in [0.2, 0.25) is 11.8 Å². The van der Waals surface area contributed by atoms with Gasteiger partial charge in [-0.25, -0.2) is 9.97 Å². The lowest BCUT2D eigenvalue weighted by Crippen LogP contribution is -2.54.